The number of carbonyl (C=O) groups excluding carboxylic acids is 2. The van der Waals surface area contributed by atoms with Crippen molar-refractivity contribution in [2.24, 2.45) is 5.92 Å². The average molecular weight is 481 g/mol. The standard InChI is InChI=1S/C20H19BrClN3O4/c21-14-3-4-17(23-10-14)24-19(26)12-2-1-5-25(11-12)20(27)13-8-15(22)18-16(9-13)28-6-7-29-18/h3-4,8-10,12H,1-2,5-7,11H2,(H,23,24,26). The summed E-state index contributed by atoms with van der Waals surface area (Å²) in [4.78, 5) is 31.5. The first kappa shape index (κ1) is 20.0. The molecule has 7 nitrogen and oxygen atoms in total. The van der Waals surface area contributed by atoms with Gasteiger partial charge in [0.25, 0.3) is 5.91 Å². The van der Waals surface area contributed by atoms with Crippen LogP contribution in [-0.4, -0.2) is 48.0 Å². The van der Waals surface area contributed by atoms with Gasteiger partial charge in [0, 0.05) is 29.3 Å². The molecule has 1 unspecified atom stereocenters. The Balaban J connectivity index is 1.45. The SMILES string of the molecule is O=C(Nc1ccc(Br)cn1)C1CCCN(C(=O)c2cc(Cl)c3c(c2)OCCO3)C1. The smallest absolute Gasteiger partial charge is 0.254 e. The molecule has 2 aromatic rings. The third kappa shape index (κ3) is 4.48. The van der Waals surface area contributed by atoms with Crippen LogP contribution in [0.15, 0.2) is 34.9 Å². The molecule has 0 spiro atoms. The second-order valence-corrected chi connectivity index (χ2v) is 8.25. The summed E-state index contributed by atoms with van der Waals surface area (Å²) in [5.41, 5.74) is 0.426. The lowest BCUT2D eigenvalue weighted by molar-refractivity contribution is -0.121. The van der Waals surface area contributed by atoms with E-state index in [0.29, 0.717) is 60.6 Å². The van der Waals surface area contributed by atoms with E-state index >= 15 is 0 Å². The van der Waals surface area contributed by atoms with Crippen molar-refractivity contribution >= 4 is 45.2 Å². The van der Waals surface area contributed by atoms with Crippen LogP contribution in [0.1, 0.15) is 23.2 Å². The molecular formula is C20H19BrClN3O4. The number of pyridine rings is 1. The number of nitrogens with one attached hydrogen (secondary N) is 1. The van der Waals surface area contributed by atoms with Crippen LogP contribution in [0.2, 0.25) is 5.02 Å². The second-order valence-electron chi connectivity index (χ2n) is 6.92. The molecular weight excluding hydrogens is 462 g/mol. The number of nitrogens with zero attached hydrogens (tertiary/aromatic N) is 2. The van der Waals surface area contributed by atoms with Gasteiger partial charge >= 0.3 is 0 Å². The molecule has 0 bridgehead atoms. The molecule has 0 aliphatic carbocycles. The maximum absolute atomic E-state index is 13.0. The monoisotopic (exact) mass is 479 g/mol. The fraction of sp³-hybridized carbons (Fsp3) is 0.350. The number of ether oxygens (including phenoxy) is 2. The lowest BCUT2D eigenvalue weighted by Crippen LogP contribution is -2.43. The Morgan fingerprint density at radius 2 is 2.07 bits per heavy atom. The molecule has 0 radical (unpaired) electrons. The molecule has 2 aliphatic heterocycles. The summed E-state index contributed by atoms with van der Waals surface area (Å²) in [5, 5.41) is 3.17. The molecule has 3 heterocycles. The molecule has 0 saturated carbocycles. The lowest BCUT2D eigenvalue weighted by Gasteiger charge is -2.32. The predicted molar refractivity (Wildman–Crippen MR) is 112 cm³/mol. The van der Waals surface area contributed by atoms with Crippen molar-refractivity contribution in [2.75, 3.05) is 31.6 Å². The number of rotatable bonds is 3. The molecule has 29 heavy (non-hydrogen) atoms. The number of anilines is 1. The molecule has 152 valence electrons. The zero-order valence-corrected chi connectivity index (χ0v) is 17.8. The number of piperidine rings is 1. The van der Waals surface area contributed by atoms with E-state index in [1.54, 1.807) is 29.3 Å². The van der Waals surface area contributed by atoms with Crippen LogP contribution in [0.3, 0.4) is 0 Å². The zero-order valence-electron chi connectivity index (χ0n) is 15.5. The Morgan fingerprint density at radius 1 is 1.24 bits per heavy atom. The van der Waals surface area contributed by atoms with Crippen LogP contribution in [0.5, 0.6) is 11.5 Å². The number of amides is 2. The van der Waals surface area contributed by atoms with Gasteiger partial charge in [0.15, 0.2) is 11.5 Å². The molecule has 9 heteroatoms. The van der Waals surface area contributed by atoms with Crippen molar-refractivity contribution in [3.8, 4) is 11.5 Å². The Kier molecular flexibility index (Phi) is 5.91. The Hall–Kier alpha value is -2.32. The summed E-state index contributed by atoms with van der Waals surface area (Å²) in [5.74, 6) is 0.804. The average Bonchev–Trinajstić information content (AvgIpc) is 2.75. The van der Waals surface area contributed by atoms with Gasteiger partial charge in [-0.05, 0) is 53.0 Å². The van der Waals surface area contributed by atoms with Crippen LogP contribution in [-0.2, 0) is 4.79 Å². The summed E-state index contributed by atoms with van der Waals surface area (Å²) in [7, 11) is 0. The quantitative estimate of drug-likeness (QED) is 0.723. The van der Waals surface area contributed by atoms with E-state index in [9.17, 15) is 9.59 Å². The van der Waals surface area contributed by atoms with E-state index in [-0.39, 0.29) is 17.7 Å². The molecule has 1 fully saturated rings. The van der Waals surface area contributed by atoms with Crippen molar-refractivity contribution in [2.45, 2.75) is 12.8 Å². The van der Waals surface area contributed by atoms with Gasteiger partial charge in [0.1, 0.15) is 19.0 Å². The fourth-order valence-electron chi connectivity index (χ4n) is 3.47. The third-order valence-corrected chi connectivity index (χ3v) is 5.65. The highest BCUT2D eigenvalue weighted by atomic mass is 79.9. The van der Waals surface area contributed by atoms with E-state index in [1.165, 1.54) is 0 Å². The maximum Gasteiger partial charge on any atom is 0.254 e. The van der Waals surface area contributed by atoms with E-state index in [0.717, 1.165) is 10.9 Å². The van der Waals surface area contributed by atoms with Crippen LogP contribution in [0.4, 0.5) is 5.82 Å². The number of aromatic nitrogens is 1. The van der Waals surface area contributed by atoms with Crippen molar-refractivity contribution in [1.29, 1.82) is 0 Å². The Morgan fingerprint density at radius 3 is 2.86 bits per heavy atom. The zero-order chi connectivity index (χ0) is 20.4. The number of benzene rings is 1. The number of likely N-dealkylation sites (tertiary alicyclic amines) is 1. The van der Waals surface area contributed by atoms with Gasteiger partial charge in [-0.3, -0.25) is 9.59 Å². The largest absolute Gasteiger partial charge is 0.486 e. The third-order valence-electron chi connectivity index (χ3n) is 4.90. The number of hydrogen-bond donors (Lipinski definition) is 1. The second kappa shape index (κ2) is 8.59. The number of hydrogen-bond acceptors (Lipinski definition) is 5. The van der Waals surface area contributed by atoms with Gasteiger partial charge in [0.2, 0.25) is 5.91 Å². The van der Waals surface area contributed by atoms with E-state index in [1.807, 2.05) is 6.07 Å². The van der Waals surface area contributed by atoms with Crippen LogP contribution in [0.25, 0.3) is 0 Å². The minimum atomic E-state index is -0.300. The summed E-state index contributed by atoms with van der Waals surface area (Å²) in [6, 6.07) is 6.78. The Labute approximate surface area is 181 Å². The first-order chi connectivity index (χ1) is 14.0. The van der Waals surface area contributed by atoms with Crippen molar-refractivity contribution in [3.63, 3.8) is 0 Å². The predicted octanol–water partition coefficient (Wildman–Crippen LogP) is 3.76. The van der Waals surface area contributed by atoms with Gasteiger partial charge < -0.3 is 19.7 Å². The summed E-state index contributed by atoms with van der Waals surface area (Å²) >= 11 is 9.58. The summed E-state index contributed by atoms with van der Waals surface area (Å²) in [6.07, 6.45) is 3.09. The van der Waals surface area contributed by atoms with Crippen LogP contribution >= 0.6 is 27.5 Å². The van der Waals surface area contributed by atoms with E-state index in [2.05, 4.69) is 26.2 Å². The first-order valence-electron chi connectivity index (χ1n) is 9.32. The fourth-order valence-corrected chi connectivity index (χ4v) is 3.97. The van der Waals surface area contributed by atoms with Crippen molar-refractivity contribution in [1.82, 2.24) is 9.88 Å². The van der Waals surface area contributed by atoms with Gasteiger partial charge in [-0.1, -0.05) is 11.6 Å². The minimum absolute atomic E-state index is 0.141. The van der Waals surface area contributed by atoms with Gasteiger partial charge in [-0.25, -0.2) is 4.98 Å². The van der Waals surface area contributed by atoms with Gasteiger partial charge in [-0.2, -0.15) is 0 Å². The van der Waals surface area contributed by atoms with Crippen LogP contribution < -0.4 is 14.8 Å². The summed E-state index contributed by atoms with van der Waals surface area (Å²) in [6.45, 7) is 1.77. The van der Waals surface area contributed by atoms with Gasteiger partial charge in [0.05, 0.1) is 10.9 Å². The molecule has 1 aromatic heterocycles. The highest BCUT2D eigenvalue weighted by Gasteiger charge is 2.30. The highest BCUT2D eigenvalue weighted by molar-refractivity contribution is 9.10. The van der Waals surface area contributed by atoms with Crippen LogP contribution in [0, 0.1) is 5.92 Å². The Bertz CT molecular complexity index is 938. The number of fused-ring (bicyclic) bond motifs is 1. The molecule has 1 atom stereocenters. The topological polar surface area (TPSA) is 80.8 Å². The minimum Gasteiger partial charge on any atom is -0.486 e. The first-order valence-corrected chi connectivity index (χ1v) is 10.5. The van der Waals surface area contributed by atoms with Gasteiger partial charge in [-0.15, -0.1) is 0 Å². The number of carbonyl (C=O) groups is 2. The molecule has 1 aromatic carbocycles. The molecule has 2 amide bonds. The molecule has 4 rings (SSSR count). The molecule has 1 N–H and O–H groups in total. The molecule has 2 aliphatic rings. The molecule has 1 saturated heterocycles. The van der Waals surface area contributed by atoms with Crippen molar-refractivity contribution < 1.29 is 19.1 Å². The highest BCUT2D eigenvalue weighted by Crippen LogP contribution is 2.38. The lowest BCUT2D eigenvalue weighted by atomic mass is 9.96. The van der Waals surface area contributed by atoms with E-state index in [4.69, 9.17) is 21.1 Å². The number of halogens is 2. The van der Waals surface area contributed by atoms with Crippen molar-refractivity contribution in [3.05, 3.63) is 45.5 Å². The normalized spacial score (nSPS) is 18.3. The van der Waals surface area contributed by atoms with E-state index < -0.39 is 0 Å². The maximum atomic E-state index is 13.0. The summed E-state index contributed by atoms with van der Waals surface area (Å²) < 4.78 is 11.9.